The average molecular weight is 452 g/mol. The van der Waals surface area contributed by atoms with Crippen LogP contribution < -0.4 is 4.74 Å². The maximum absolute atomic E-state index is 14.8. The fraction of sp³-hybridized carbons (Fsp3) is 0.429. The maximum Gasteiger partial charge on any atom is 0.410 e. The Bertz CT molecular complexity index is 972. The number of aromatic nitrogens is 2. The van der Waals surface area contributed by atoms with Gasteiger partial charge in [-0.15, -0.1) is 0 Å². The molecule has 0 N–H and O–H groups in total. The zero-order chi connectivity index (χ0) is 22.8. The van der Waals surface area contributed by atoms with Crippen LogP contribution >= 0.6 is 11.6 Å². The van der Waals surface area contributed by atoms with E-state index < -0.39 is 23.5 Å². The Morgan fingerprint density at radius 2 is 1.87 bits per heavy atom. The molecule has 0 unspecified atom stereocenters. The van der Waals surface area contributed by atoms with Crippen LogP contribution in [0.25, 0.3) is 0 Å². The molecule has 1 aliphatic rings. The highest BCUT2D eigenvalue weighted by molar-refractivity contribution is 6.31. The van der Waals surface area contributed by atoms with Gasteiger partial charge in [-0.1, -0.05) is 23.7 Å². The summed E-state index contributed by atoms with van der Waals surface area (Å²) >= 11 is 6.21. The van der Waals surface area contributed by atoms with Crippen LogP contribution in [0.1, 0.15) is 48.4 Å². The molecule has 1 aromatic carbocycles. The highest BCUT2D eigenvalue weighted by atomic mass is 35.5. The minimum absolute atomic E-state index is 0.00827. The zero-order valence-corrected chi connectivity index (χ0v) is 18.4. The van der Waals surface area contributed by atoms with Crippen molar-refractivity contribution in [2.24, 2.45) is 0 Å². The number of hydrogen-bond acceptors (Lipinski definition) is 7. The van der Waals surface area contributed by atoms with E-state index in [0.29, 0.717) is 30.0 Å². The molecule has 31 heavy (non-hydrogen) atoms. The van der Waals surface area contributed by atoms with E-state index in [-0.39, 0.29) is 23.4 Å². The first kappa shape index (κ1) is 22.7. The van der Waals surface area contributed by atoms with Gasteiger partial charge in [-0.2, -0.15) is 0 Å². The minimum atomic E-state index is -0.659. The standard InChI is InChI=1S/C21H23ClFN3O5/c1-21(2,3)31-20(28)26-9-13(10-26)15-6-5-12(16(22)17(15)23)11-30-14-7-24-18(25-8-14)19(27)29-4/h5-8,13H,9-11H2,1-4H3. The zero-order valence-electron chi connectivity index (χ0n) is 17.6. The first-order valence-electron chi connectivity index (χ1n) is 9.57. The quantitative estimate of drug-likeness (QED) is 0.635. The van der Waals surface area contributed by atoms with E-state index in [2.05, 4.69) is 14.7 Å². The number of halogens is 2. The van der Waals surface area contributed by atoms with Crippen LogP contribution in [0, 0.1) is 5.82 Å². The summed E-state index contributed by atoms with van der Waals surface area (Å²) in [6.45, 7) is 6.10. The van der Waals surface area contributed by atoms with Crippen LogP contribution in [0.2, 0.25) is 5.02 Å². The van der Waals surface area contributed by atoms with Gasteiger partial charge in [-0.25, -0.2) is 23.9 Å². The van der Waals surface area contributed by atoms with Crippen molar-refractivity contribution in [2.75, 3.05) is 20.2 Å². The Labute approximate surface area is 184 Å². The summed E-state index contributed by atoms with van der Waals surface area (Å²) in [5, 5.41) is -0.0414. The fourth-order valence-electron chi connectivity index (χ4n) is 2.93. The van der Waals surface area contributed by atoms with Gasteiger partial charge in [-0.05, 0) is 26.3 Å². The average Bonchev–Trinajstić information content (AvgIpc) is 2.68. The monoisotopic (exact) mass is 451 g/mol. The summed E-state index contributed by atoms with van der Waals surface area (Å²) in [4.78, 5) is 32.6. The molecule has 10 heteroatoms. The number of benzene rings is 1. The lowest BCUT2D eigenvalue weighted by Crippen LogP contribution is -2.50. The van der Waals surface area contributed by atoms with Gasteiger partial charge in [-0.3, -0.25) is 0 Å². The Hall–Kier alpha value is -2.94. The Morgan fingerprint density at radius 1 is 1.23 bits per heavy atom. The van der Waals surface area contributed by atoms with Crippen molar-refractivity contribution in [3.63, 3.8) is 0 Å². The van der Waals surface area contributed by atoms with E-state index in [0.717, 1.165) is 0 Å². The van der Waals surface area contributed by atoms with Crippen molar-refractivity contribution >= 4 is 23.7 Å². The number of nitrogens with zero attached hydrogens (tertiary/aromatic N) is 3. The second-order valence-electron chi connectivity index (χ2n) is 8.05. The van der Waals surface area contributed by atoms with Crippen LogP contribution in [0.5, 0.6) is 5.75 Å². The number of likely N-dealkylation sites (tertiary alicyclic amines) is 1. The molecular formula is C21H23ClFN3O5. The molecule has 1 aliphatic heterocycles. The van der Waals surface area contributed by atoms with Crippen LogP contribution in [-0.2, 0) is 16.1 Å². The summed E-state index contributed by atoms with van der Waals surface area (Å²) in [5.41, 5.74) is 0.311. The summed E-state index contributed by atoms with van der Waals surface area (Å²) in [6, 6.07) is 3.33. The Kier molecular flexibility index (Phi) is 6.64. The SMILES string of the molecule is COC(=O)c1ncc(OCc2ccc(C3CN(C(=O)OC(C)(C)C)C3)c(F)c2Cl)cn1. The topological polar surface area (TPSA) is 90.9 Å². The third kappa shape index (κ3) is 5.41. The van der Waals surface area contributed by atoms with Crippen LogP contribution in [0.3, 0.4) is 0 Å². The molecular weight excluding hydrogens is 429 g/mol. The summed E-state index contributed by atoms with van der Waals surface area (Å²) in [7, 11) is 1.23. The Morgan fingerprint density at radius 3 is 2.45 bits per heavy atom. The molecule has 0 radical (unpaired) electrons. The van der Waals surface area contributed by atoms with Crippen molar-refractivity contribution in [1.82, 2.24) is 14.9 Å². The molecule has 166 valence electrons. The van der Waals surface area contributed by atoms with E-state index in [4.69, 9.17) is 21.1 Å². The van der Waals surface area contributed by atoms with Crippen LogP contribution in [0.15, 0.2) is 24.5 Å². The molecule has 0 aliphatic carbocycles. The molecule has 1 fully saturated rings. The largest absolute Gasteiger partial charge is 0.486 e. The summed E-state index contributed by atoms with van der Waals surface area (Å²) in [6.07, 6.45) is 2.22. The van der Waals surface area contributed by atoms with Gasteiger partial charge in [0, 0.05) is 24.6 Å². The molecule has 1 amide bonds. The van der Waals surface area contributed by atoms with Gasteiger partial charge >= 0.3 is 12.1 Å². The van der Waals surface area contributed by atoms with Crippen molar-refractivity contribution in [2.45, 2.75) is 38.9 Å². The van der Waals surface area contributed by atoms with Gasteiger partial charge in [0.1, 0.15) is 18.0 Å². The number of hydrogen-bond donors (Lipinski definition) is 0. The van der Waals surface area contributed by atoms with Gasteiger partial charge in [0.2, 0.25) is 5.82 Å². The molecule has 2 heterocycles. The molecule has 0 spiro atoms. The number of carbonyl (C=O) groups excluding carboxylic acids is 2. The van der Waals surface area contributed by atoms with Crippen LogP contribution in [-0.4, -0.2) is 52.7 Å². The predicted molar refractivity (Wildman–Crippen MR) is 110 cm³/mol. The van der Waals surface area contributed by atoms with E-state index in [1.807, 2.05) is 0 Å². The van der Waals surface area contributed by atoms with Gasteiger partial charge in [0.05, 0.1) is 24.5 Å². The molecule has 2 aromatic rings. The highest BCUT2D eigenvalue weighted by Gasteiger charge is 2.36. The normalized spacial score (nSPS) is 14.1. The first-order valence-corrected chi connectivity index (χ1v) is 9.94. The summed E-state index contributed by atoms with van der Waals surface area (Å²) in [5.74, 6) is -1.15. The smallest absolute Gasteiger partial charge is 0.410 e. The van der Waals surface area contributed by atoms with Gasteiger partial charge in [0.15, 0.2) is 5.75 Å². The number of rotatable bonds is 5. The number of methoxy groups -OCH3 is 1. The molecule has 0 saturated carbocycles. The maximum atomic E-state index is 14.8. The van der Waals surface area contributed by atoms with E-state index >= 15 is 0 Å². The molecule has 1 aromatic heterocycles. The first-order chi connectivity index (χ1) is 14.6. The number of ether oxygens (including phenoxy) is 3. The molecule has 1 saturated heterocycles. The second kappa shape index (κ2) is 9.05. The van der Waals surface area contributed by atoms with Crippen LogP contribution in [0.4, 0.5) is 9.18 Å². The lowest BCUT2D eigenvalue weighted by Gasteiger charge is -2.40. The third-order valence-corrected chi connectivity index (χ3v) is 4.96. The van der Waals surface area contributed by atoms with Crippen molar-refractivity contribution in [3.05, 3.63) is 52.3 Å². The lowest BCUT2D eigenvalue weighted by molar-refractivity contribution is 0.00789. The number of carbonyl (C=O) groups is 2. The molecule has 3 rings (SSSR count). The minimum Gasteiger partial charge on any atom is -0.486 e. The fourth-order valence-corrected chi connectivity index (χ4v) is 3.16. The predicted octanol–water partition coefficient (Wildman–Crippen LogP) is 3.97. The van der Waals surface area contributed by atoms with E-state index in [1.54, 1.807) is 32.9 Å². The highest BCUT2D eigenvalue weighted by Crippen LogP contribution is 2.34. The Balaban J connectivity index is 1.60. The number of esters is 1. The van der Waals surface area contributed by atoms with E-state index in [9.17, 15) is 14.0 Å². The van der Waals surface area contributed by atoms with Gasteiger partial charge in [0.25, 0.3) is 0 Å². The molecule has 0 bridgehead atoms. The van der Waals surface area contributed by atoms with Crippen molar-refractivity contribution in [1.29, 1.82) is 0 Å². The van der Waals surface area contributed by atoms with E-state index in [1.165, 1.54) is 24.4 Å². The lowest BCUT2D eigenvalue weighted by atomic mass is 9.90. The number of amides is 1. The van der Waals surface area contributed by atoms with Crippen molar-refractivity contribution < 1.29 is 28.2 Å². The summed E-state index contributed by atoms with van der Waals surface area (Å²) < 4.78 is 30.2. The van der Waals surface area contributed by atoms with Gasteiger partial charge < -0.3 is 19.1 Å². The second-order valence-corrected chi connectivity index (χ2v) is 8.42. The molecule has 8 nitrogen and oxygen atoms in total. The van der Waals surface area contributed by atoms with Crippen molar-refractivity contribution in [3.8, 4) is 5.75 Å². The third-order valence-electron chi connectivity index (χ3n) is 4.56. The molecule has 0 atom stereocenters.